The molecule has 1 fully saturated rings. The average molecular weight is 641 g/mol. The molecule has 204 valence electrons. The number of carbonyl (C=O) groups is 1. The fraction of sp³-hybridized carbons (Fsp3) is 0.393. The van der Waals surface area contributed by atoms with E-state index in [0.717, 1.165) is 51.7 Å². The number of hydrogen-bond donors (Lipinski definition) is 3. The first-order valence-electron chi connectivity index (χ1n) is 13.1. The second-order valence-electron chi connectivity index (χ2n) is 10.7. The molecule has 0 aliphatic heterocycles. The predicted octanol–water partition coefficient (Wildman–Crippen LogP) is 5.65. The molecule has 1 saturated carbocycles. The molecule has 4 aromatic rings. The maximum Gasteiger partial charge on any atom is 0.407 e. The van der Waals surface area contributed by atoms with E-state index in [9.17, 15) is 4.79 Å². The number of fused-ring (bicyclic) bond motifs is 1. The van der Waals surface area contributed by atoms with E-state index in [-0.39, 0.29) is 18.2 Å². The zero-order chi connectivity index (χ0) is 27.4. The monoisotopic (exact) mass is 640 g/mol. The minimum absolute atomic E-state index is 0.110. The van der Waals surface area contributed by atoms with Crippen LogP contribution in [0.1, 0.15) is 52.0 Å². The molecule has 3 heterocycles. The van der Waals surface area contributed by atoms with Crippen molar-refractivity contribution < 1.29 is 9.53 Å². The van der Waals surface area contributed by atoms with Crippen LogP contribution in [0.15, 0.2) is 54.9 Å². The van der Waals surface area contributed by atoms with Gasteiger partial charge in [0.1, 0.15) is 5.60 Å². The van der Waals surface area contributed by atoms with E-state index >= 15 is 0 Å². The maximum atomic E-state index is 12.1. The van der Waals surface area contributed by atoms with Gasteiger partial charge in [0.05, 0.1) is 15.5 Å². The molecule has 0 radical (unpaired) electrons. The van der Waals surface area contributed by atoms with Crippen molar-refractivity contribution in [1.29, 1.82) is 0 Å². The van der Waals surface area contributed by atoms with Gasteiger partial charge in [0.25, 0.3) is 0 Å². The summed E-state index contributed by atoms with van der Waals surface area (Å²) in [5.41, 5.74) is 3.40. The van der Waals surface area contributed by atoms with Crippen LogP contribution in [-0.4, -0.2) is 48.3 Å². The minimum Gasteiger partial charge on any atom is -0.444 e. The maximum absolute atomic E-state index is 12.1. The number of rotatable bonds is 7. The Morgan fingerprint density at radius 1 is 1.05 bits per heavy atom. The second kappa shape index (κ2) is 11.7. The Morgan fingerprint density at radius 2 is 1.79 bits per heavy atom. The third-order valence-electron chi connectivity index (χ3n) is 6.47. The smallest absolute Gasteiger partial charge is 0.407 e. The molecule has 1 amide bonds. The summed E-state index contributed by atoms with van der Waals surface area (Å²) in [6.45, 7) is 6.20. The van der Waals surface area contributed by atoms with Crippen molar-refractivity contribution in [3.63, 3.8) is 0 Å². The van der Waals surface area contributed by atoms with Crippen molar-refractivity contribution in [2.24, 2.45) is 0 Å². The van der Waals surface area contributed by atoms with Crippen LogP contribution in [0.3, 0.4) is 0 Å². The van der Waals surface area contributed by atoms with E-state index in [1.807, 2.05) is 39.0 Å². The number of anilines is 2. The lowest BCUT2D eigenvalue weighted by atomic mass is 9.91. The van der Waals surface area contributed by atoms with Gasteiger partial charge in [-0.1, -0.05) is 30.3 Å². The lowest BCUT2D eigenvalue weighted by Crippen LogP contribution is -2.42. The molecular weight excluding hydrogens is 607 g/mol. The van der Waals surface area contributed by atoms with Crippen LogP contribution in [0.25, 0.3) is 16.9 Å². The van der Waals surface area contributed by atoms with Gasteiger partial charge in [-0.2, -0.15) is 19.6 Å². The molecule has 0 bridgehead atoms. The molecule has 0 spiro atoms. The van der Waals surface area contributed by atoms with Crippen LogP contribution in [0.5, 0.6) is 0 Å². The Balaban J connectivity index is 1.22. The Labute approximate surface area is 241 Å². The SMILES string of the molecule is CC(C)(C)OC(=O)NC1CCC(Nc2nc(NCc3ccc(-c4ccccn4)cc3)n3ncc(I)c3n2)CC1. The minimum atomic E-state index is -0.501. The van der Waals surface area contributed by atoms with Crippen LogP contribution in [0, 0.1) is 3.57 Å². The fourth-order valence-corrected chi connectivity index (χ4v) is 5.05. The summed E-state index contributed by atoms with van der Waals surface area (Å²) in [5, 5.41) is 14.4. The normalized spacial score (nSPS) is 17.5. The number of nitrogens with zero attached hydrogens (tertiary/aromatic N) is 5. The Kier molecular flexibility index (Phi) is 8.15. The van der Waals surface area contributed by atoms with Crippen LogP contribution in [0.2, 0.25) is 0 Å². The molecule has 0 atom stereocenters. The Morgan fingerprint density at radius 3 is 2.49 bits per heavy atom. The number of ether oxygens (including phenoxy) is 1. The molecule has 1 aliphatic rings. The predicted molar refractivity (Wildman–Crippen MR) is 160 cm³/mol. The van der Waals surface area contributed by atoms with Crippen molar-refractivity contribution in [3.05, 3.63) is 64.0 Å². The molecule has 0 unspecified atom stereocenters. The molecule has 3 N–H and O–H groups in total. The summed E-state index contributed by atoms with van der Waals surface area (Å²) < 4.78 is 8.08. The standard InChI is InChI=1S/C28H33IN8O2/c1-28(2,3)39-27(38)34-21-13-11-20(12-14-21)33-25-35-24-22(29)17-32-37(24)26(36-25)31-16-18-7-9-19(10-8-18)23-6-4-5-15-30-23/h4-10,15,17,20-21H,11-14,16H2,1-3H3,(H,34,38)(H2,31,33,35,36). The first kappa shape index (κ1) is 27.1. The number of benzene rings is 1. The third-order valence-corrected chi connectivity index (χ3v) is 7.23. The molecule has 10 nitrogen and oxygen atoms in total. The van der Waals surface area contributed by atoms with E-state index < -0.39 is 5.60 Å². The molecular formula is C28H33IN8O2. The number of pyridine rings is 1. The van der Waals surface area contributed by atoms with Gasteiger partial charge >= 0.3 is 6.09 Å². The summed E-state index contributed by atoms with van der Waals surface area (Å²) in [6.07, 6.45) is 6.76. The number of aromatic nitrogens is 5. The lowest BCUT2D eigenvalue weighted by Gasteiger charge is -2.30. The number of alkyl carbamates (subject to hydrolysis) is 1. The van der Waals surface area contributed by atoms with E-state index in [4.69, 9.17) is 14.7 Å². The van der Waals surface area contributed by atoms with Gasteiger partial charge < -0.3 is 20.7 Å². The van der Waals surface area contributed by atoms with Crippen LogP contribution < -0.4 is 16.0 Å². The number of hydrogen-bond acceptors (Lipinski definition) is 8. The Bertz CT molecular complexity index is 1410. The van der Waals surface area contributed by atoms with E-state index in [1.54, 1.807) is 16.9 Å². The molecule has 39 heavy (non-hydrogen) atoms. The highest BCUT2D eigenvalue weighted by atomic mass is 127. The van der Waals surface area contributed by atoms with E-state index in [0.29, 0.717) is 18.4 Å². The molecule has 5 rings (SSSR count). The first-order chi connectivity index (χ1) is 18.7. The molecule has 3 aromatic heterocycles. The average Bonchev–Trinajstić information content (AvgIpc) is 3.29. The highest BCUT2D eigenvalue weighted by Crippen LogP contribution is 2.24. The number of halogens is 1. The van der Waals surface area contributed by atoms with E-state index in [1.165, 1.54) is 0 Å². The second-order valence-corrected chi connectivity index (χ2v) is 11.9. The number of amides is 1. The number of carbonyl (C=O) groups excluding carboxylic acids is 1. The highest BCUT2D eigenvalue weighted by molar-refractivity contribution is 14.1. The van der Waals surface area contributed by atoms with Crippen molar-refractivity contribution in [2.45, 2.75) is 70.7 Å². The zero-order valence-corrected chi connectivity index (χ0v) is 24.5. The molecule has 11 heteroatoms. The van der Waals surface area contributed by atoms with E-state index in [2.05, 4.69) is 72.9 Å². The van der Waals surface area contributed by atoms with Gasteiger partial charge in [-0.15, -0.1) is 0 Å². The molecule has 0 saturated heterocycles. The highest BCUT2D eigenvalue weighted by Gasteiger charge is 2.25. The lowest BCUT2D eigenvalue weighted by molar-refractivity contribution is 0.0492. The fourth-order valence-electron chi connectivity index (χ4n) is 4.58. The van der Waals surface area contributed by atoms with Crippen molar-refractivity contribution in [3.8, 4) is 11.3 Å². The van der Waals surface area contributed by atoms with Gasteiger partial charge in [0.2, 0.25) is 11.9 Å². The van der Waals surface area contributed by atoms with Gasteiger partial charge in [-0.05, 0) is 86.7 Å². The van der Waals surface area contributed by atoms with Gasteiger partial charge in [-0.3, -0.25) is 4.98 Å². The summed E-state index contributed by atoms with van der Waals surface area (Å²) in [5.74, 6) is 1.19. The van der Waals surface area contributed by atoms with Crippen LogP contribution in [-0.2, 0) is 11.3 Å². The quantitative estimate of drug-likeness (QED) is 0.222. The van der Waals surface area contributed by atoms with Gasteiger partial charge in [0, 0.05) is 30.4 Å². The van der Waals surface area contributed by atoms with Crippen molar-refractivity contribution in [2.75, 3.05) is 10.6 Å². The van der Waals surface area contributed by atoms with Crippen molar-refractivity contribution in [1.82, 2.24) is 29.9 Å². The van der Waals surface area contributed by atoms with Gasteiger partial charge in [0.15, 0.2) is 5.65 Å². The number of nitrogens with one attached hydrogen (secondary N) is 3. The summed E-state index contributed by atoms with van der Waals surface area (Å²) in [7, 11) is 0. The summed E-state index contributed by atoms with van der Waals surface area (Å²) in [4.78, 5) is 26.0. The van der Waals surface area contributed by atoms with Gasteiger partial charge in [-0.25, -0.2) is 4.79 Å². The third kappa shape index (κ3) is 7.14. The van der Waals surface area contributed by atoms with Crippen LogP contribution in [0.4, 0.5) is 16.7 Å². The summed E-state index contributed by atoms with van der Waals surface area (Å²) >= 11 is 2.24. The Hall–Kier alpha value is -3.48. The topological polar surface area (TPSA) is 118 Å². The van der Waals surface area contributed by atoms with Crippen molar-refractivity contribution >= 4 is 46.2 Å². The largest absolute Gasteiger partial charge is 0.444 e. The zero-order valence-electron chi connectivity index (χ0n) is 22.3. The summed E-state index contributed by atoms with van der Waals surface area (Å²) in [6, 6.07) is 14.6. The first-order valence-corrected chi connectivity index (χ1v) is 14.2. The van der Waals surface area contributed by atoms with Crippen LogP contribution >= 0.6 is 22.6 Å². The molecule has 1 aliphatic carbocycles. The molecule has 1 aromatic carbocycles.